The van der Waals surface area contributed by atoms with Gasteiger partial charge in [-0.25, -0.2) is 0 Å². The minimum Gasteiger partial charge on any atom is -0.481 e. The molecule has 0 spiro atoms. The van der Waals surface area contributed by atoms with Crippen LogP contribution in [0.1, 0.15) is 40.0 Å². The number of hydrogen-bond acceptors (Lipinski definition) is 4. The molecule has 2 N–H and O–H groups in total. The fourth-order valence-electron chi connectivity index (χ4n) is 2.05. The molecule has 1 amide bonds. The van der Waals surface area contributed by atoms with E-state index >= 15 is 0 Å². The lowest BCUT2D eigenvalue weighted by Crippen LogP contribution is -2.43. The van der Waals surface area contributed by atoms with E-state index in [1.165, 1.54) is 0 Å². The third kappa shape index (κ3) is 8.87. The molecule has 0 fully saturated rings. The monoisotopic (exact) mass is 288 g/mol. The summed E-state index contributed by atoms with van der Waals surface area (Å²) in [5, 5.41) is 18.2. The summed E-state index contributed by atoms with van der Waals surface area (Å²) < 4.78 is 0. The summed E-state index contributed by atoms with van der Waals surface area (Å²) in [4.78, 5) is 26.4. The van der Waals surface area contributed by atoms with Crippen molar-refractivity contribution in [3.8, 4) is 0 Å². The van der Waals surface area contributed by atoms with Gasteiger partial charge in [-0.2, -0.15) is 0 Å². The Kier molecular flexibility index (Phi) is 10.0. The van der Waals surface area contributed by atoms with Gasteiger partial charge in [-0.15, -0.1) is 0 Å². The normalized spacial score (nSPS) is 12.4. The maximum Gasteiger partial charge on any atom is 0.304 e. The largest absolute Gasteiger partial charge is 0.481 e. The fourth-order valence-corrected chi connectivity index (χ4v) is 2.05. The number of carbonyl (C=O) groups excluding carboxylic acids is 1. The summed E-state index contributed by atoms with van der Waals surface area (Å²) in [5.41, 5.74) is 0. The highest BCUT2D eigenvalue weighted by Crippen LogP contribution is 2.01. The van der Waals surface area contributed by atoms with E-state index in [0.717, 1.165) is 12.8 Å². The number of hydrogen-bond donors (Lipinski definition) is 2. The van der Waals surface area contributed by atoms with Gasteiger partial charge in [-0.05, 0) is 19.8 Å². The number of aliphatic hydroxyl groups excluding tert-OH is 1. The Labute approximate surface area is 121 Å². The molecule has 0 rings (SSSR count). The zero-order valence-corrected chi connectivity index (χ0v) is 12.8. The van der Waals surface area contributed by atoms with E-state index in [2.05, 4.69) is 0 Å². The fraction of sp³-hybridized carbons (Fsp3) is 0.857. The van der Waals surface area contributed by atoms with Crippen LogP contribution in [-0.4, -0.2) is 70.7 Å². The summed E-state index contributed by atoms with van der Waals surface area (Å²) in [5.74, 6) is -0.897. The molecule has 0 aromatic heterocycles. The second kappa shape index (κ2) is 10.6. The van der Waals surface area contributed by atoms with Gasteiger partial charge in [-0.3, -0.25) is 14.5 Å². The third-order valence-electron chi connectivity index (χ3n) is 2.86. The van der Waals surface area contributed by atoms with Crippen molar-refractivity contribution in [1.82, 2.24) is 9.80 Å². The van der Waals surface area contributed by atoms with Gasteiger partial charge >= 0.3 is 5.97 Å². The molecule has 0 radical (unpaired) electrons. The Hall–Kier alpha value is -1.14. The van der Waals surface area contributed by atoms with Crippen LogP contribution in [0.5, 0.6) is 0 Å². The Morgan fingerprint density at radius 3 is 2.05 bits per heavy atom. The van der Waals surface area contributed by atoms with Gasteiger partial charge in [-0.1, -0.05) is 13.8 Å². The minimum absolute atomic E-state index is 0.000242. The minimum atomic E-state index is -0.896. The van der Waals surface area contributed by atoms with Crippen LogP contribution in [0.4, 0.5) is 0 Å². The average molecular weight is 288 g/mol. The predicted octanol–water partition coefficient (Wildman–Crippen LogP) is 0.793. The lowest BCUT2D eigenvalue weighted by Gasteiger charge is -2.27. The first-order valence-electron chi connectivity index (χ1n) is 7.30. The molecular formula is C14H28N2O4. The SMILES string of the molecule is CCCN(CCC)C(=O)CN(CCC(=O)O)CC(C)O. The average Bonchev–Trinajstić information content (AvgIpc) is 2.34. The molecule has 6 heteroatoms. The van der Waals surface area contributed by atoms with E-state index in [9.17, 15) is 14.7 Å². The topological polar surface area (TPSA) is 81.1 Å². The molecule has 20 heavy (non-hydrogen) atoms. The van der Waals surface area contributed by atoms with Crippen molar-refractivity contribution >= 4 is 11.9 Å². The third-order valence-corrected chi connectivity index (χ3v) is 2.86. The first kappa shape index (κ1) is 18.9. The molecule has 0 heterocycles. The molecule has 0 saturated carbocycles. The molecule has 0 aliphatic rings. The van der Waals surface area contributed by atoms with Crippen LogP contribution in [-0.2, 0) is 9.59 Å². The second-order valence-electron chi connectivity index (χ2n) is 5.11. The zero-order valence-electron chi connectivity index (χ0n) is 12.8. The molecule has 118 valence electrons. The van der Waals surface area contributed by atoms with E-state index in [1.807, 2.05) is 13.8 Å². The molecular weight excluding hydrogens is 260 g/mol. The number of carbonyl (C=O) groups is 2. The van der Waals surface area contributed by atoms with E-state index in [0.29, 0.717) is 19.6 Å². The van der Waals surface area contributed by atoms with Crippen molar-refractivity contribution in [1.29, 1.82) is 0 Å². The van der Waals surface area contributed by atoms with Gasteiger partial charge in [0.1, 0.15) is 0 Å². The van der Waals surface area contributed by atoms with Crippen LogP contribution in [0.3, 0.4) is 0 Å². The first-order chi connectivity index (χ1) is 9.40. The Balaban J connectivity index is 4.50. The number of aliphatic carboxylic acids is 1. The summed E-state index contributed by atoms with van der Waals surface area (Å²) in [6.45, 7) is 7.86. The maximum atomic E-state index is 12.2. The van der Waals surface area contributed by atoms with Gasteiger partial charge in [0.25, 0.3) is 0 Å². The standard InChI is InChI=1S/C14H28N2O4/c1-4-7-16(8-5-2)13(18)11-15(10-12(3)17)9-6-14(19)20/h12,17H,4-11H2,1-3H3,(H,19,20). The van der Waals surface area contributed by atoms with Crippen LogP contribution < -0.4 is 0 Å². The number of carboxylic acid groups (broad SMARTS) is 1. The molecule has 0 aliphatic heterocycles. The van der Waals surface area contributed by atoms with Crippen LogP contribution in [0.25, 0.3) is 0 Å². The summed E-state index contributed by atoms with van der Waals surface area (Å²) in [6, 6.07) is 0. The van der Waals surface area contributed by atoms with Crippen molar-refractivity contribution in [3.63, 3.8) is 0 Å². The van der Waals surface area contributed by atoms with Gasteiger partial charge in [0.05, 0.1) is 19.1 Å². The summed E-state index contributed by atoms with van der Waals surface area (Å²) >= 11 is 0. The van der Waals surface area contributed by atoms with Crippen LogP contribution in [0.15, 0.2) is 0 Å². The predicted molar refractivity (Wildman–Crippen MR) is 77.5 cm³/mol. The molecule has 0 aromatic rings. The highest BCUT2D eigenvalue weighted by molar-refractivity contribution is 5.78. The Morgan fingerprint density at radius 1 is 1.10 bits per heavy atom. The van der Waals surface area contributed by atoms with Crippen molar-refractivity contribution in [2.24, 2.45) is 0 Å². The number of rotatable bonds is 11. The first-order valence-corrected chi connectivity index (χ1v) is 7.30. The van der Waals surface area contributed by atoms with Crippen LogP contribution >= 0.6 is 0 Å². The molecule has 0 bridgehead atoms. The van der Waals surface area contributed by atoms with Crippen LogP contribution in [0, 0.1) is 0 Å². The zero-order chi connectivity index (χ0) is 15.5. The van der Waals surface area contributed by atoms with Gasteiger partial charge in [0, 0.05) is 26.2 Å². The number of nitrogens with zero attached hydrogens (tertiary/aromatic N) is 2. The highest BCUT2D eigenvalue weighted by Gasteiger charge is 2.18. The van der Waals surface area contributed by atoms with Crippen molar-refractivity contribution in [2.75, 3.05) is 32.7 Å². The lowest BCUT2D eigenvalue weighted by atomic mass is 10.3. The smallest absolute Gasteiger partial charge is 0.304 e. The lowest BCUT2D eigenvalue weighted by molar-refractivity contribution is -0.139. The van der Waals surface area contributed by atoms with E-state index in [1.54, 1.807) is 16.7 Å². The van der Waals surface area contributed by atoms with Gasteiger partial charge < -0.3 is 15.1 Å². The van der Waals surface area contributed by atoms with E-state index in [-0.39, 0.29) is 25.4 Å². The van der Waals surface area contributed by atoms with E-state index in [4.69, 9.17) is 5.11 Å². The number of amides is 1. The number of aliphatic hydroxyl groups is 1. The van der Waals surface area contributed by atoms with E-state index < -0.39 is 12.1 Å². The molecule has 6 nitrogen and oxygen atoms in total. The Morgan fingerprint density at radius 2 is 1.65 bits per heavy atom. The molecule has 1 atom stereocenters. The van der Waals surface area contributed by atoms with Crippen molar-refractivity contribution in [2.45, 2.75) is 46.1 Å². The Bertz CT molecular complexity index is 289. The quantitative estimate of drug-likeness (QED) is 0.587. The molecule has 0 aliphatic carbocycles. The number of carboxylic acids is 1. The van der Waals surface area contributed by atoms with Crippen molar-refractivity contribution in [3.05, 3.63) is 0 Å². The van der Waals surface area contributed by atoms with Gasteiger partial charge in [0.15, 0.2) is 0 Å². The molecule has 1 unspecified atom stereocenters. The summed E-state index contributed by atoms with van der Waals surface area (Å²) in [6.07, 6.45) is 1.19. The molecule has 0 saturated heterocycles. The summed E-state index contributed by atoms with van der Waals surface area (Å²) in [7, 11) is 0. The van der Waals surface area contributed by atoms with Crippen molar-refractivity contribution < 1.29 is 19.8 Å². The maximum absolute atomic E-state index is 12.2. The second-order valence-corrected chi connectivity index (χ2v) is 5.11. The van der Waals surface area contributed by atoms with Gasteiger partial charge in [0.2, 0.25) is 5.91 Å². The highest BCUT2D eigenvalue weighted by atomic mass is 16.4. The van der Waals surface area contributed by atoms with Crippen LogP contribution in [0.2, 0.25) is 0 Å². The molecule has 0 aromatic carbocycles.